The van der Waals surface area contributed by atoms with Crippen LogP contribution in [0.15, 0.2) is 24.9 Å². The molecule has 0 unspecified atom stereocenters. The van der Waals surface area contributed by atoms with Crippen LogP contribution in [-0.4, -0.2) is 11.6 Å². The summed E-state index contributed by atoms with van der Waals surface area (Å²) < 4.78 is 5.59. The molecule has 1 aromatic rings. The number of ether oxygens (including phenoxy) is 1. The minimum Gasteiger partial charge on any atom is -0.478 e. The Bertz CT molecular complexity index is 369. The number of unbranched alkanes of at least 4 members (excludes halogenated alkanes) is 1. The molecule has 86 valence electrons. The highest BCUT2D eigenvalue weighted by Crippen LogP contribution is 2.41. The summed E-state index contributed by atoms with van der Waals surface area (Å²) in [6.07, 6.45) is 6.61. The highest BCUT2D eigenvalue weighted by atomic mass is 16.5. The zero-order valence-electron chi connectivity index (χ0n) is 9.91. The smallest absolute Gasteiger partial charge is 0.213 e. The number of pyridine rings is 1. The monoisotopic (exact) mass is 217 g/mol. The van der Waals surface area contributed by atoms with Crippen molar-refractivity contribution in [2.45, 2.75) is 32.6 Å². The molecule has 0 amide bonds. The average Bonchev–Trinajstić information content (AvgIpc) is 3.13. The van der Waals surface area contributed by atoms with Crippen molar-refractivity contribution in [3.8, 4) is 5.88 Å². The molecule has 0 N–H and O–H groups in total. The van der Waals surface area contributed by atoms with Crippen molar-refractivity contribution < 1.29 is 4.74 Å². The van der Waals surface area contributed by atoms with Crippen molar-refractivity contribution in [2.24, 2.45) is 5.92 Å². The van der Waals surface area contributed by atoms with Crippen molar-refractivity contribution in [1.29, 1.82) is 0 Å². The van der Waals surface area contributed by atoms with Gasteiger partial charge in [0, 0.05) is 12.3 Å². The molecule has 0 atom stereocenters. The zero-order valence-corrected chi connectivity index (χ0v) is 9.91. The van der Waals surface area contributed by atoms with Crippen molar-refractivity contribution in [3.05, 3.63) is 30.5 Å². The summed E-state index contributed by atoms with van der Waals surface area (Å²) in [6.45, 7) is 7.05. The normalized spacial score (nSPS) is 14.8. The van der Waals surface area contributed by atoms with Gasteiger partial charge in [-0.05, 0) is 42.4 Å². The molecule has 1 saturated carbocycles. The van der Waals surface area contributed by atoms with Gasteiger partial charge in [0.05, 0.1) is 6.61 Å². The predicted octanol–water partition coefficient (Wildman–Crippen LogP) is 3.68. The molecule has 0 aliphatic heterocycles. The summed E-state index contributed by atoms with van der Waals surface area (Å²) in [5, 5.41) is 0. The van der Waals surface area contributed by atoms with E-state index in [1.54, 1.807) is 0 Å². The number of hydrogen-bond donors (Lipinski definition) is 0. The summed E-state index contributed by atoms with van der Waals surface area (Å²) in [4.78, 5) is 4.21. The molecule has 1 heterocycles. The first-order chi connectivity index (χ1) is 7.81. The Hall–Kier alpha value is -1.31. The Balaban J connectivity index is 1.98. The summed E-state index contributed by atoms with van der Waals surface area (Å²) in [5.41, 5.74) is 2.42. The van der Waals surface area contributed by atoms with Gasteiger partial charge in [-0.15, -0.1) is 0 Å². The summed E-state index contributed by atoms with van der Waals surface area (Å²) in [5.74, 6) is 1.43. The summed E-state index contributed by atoms with van der Waals surface area (Å²) in [7, 11) is 0. The van der Waals surface area contributed by atoms with Gasteiger partial charge in [-0.2, -0.15) is 0 Å². The molecule has 1 fully saturated rings. The molecule has 0 radical (unpaired) electrons. The van der Waals surface area contributed by atoms with Crippen molar-refractivity contribution in [1.82, 2.24) is 4.98 Å². The van der Waals surface area contributed by atoms with Crippen LogP contribution in [0.5, 0.6) is 5.88 Å². The van der Waals surface area contributed by atoms with Gasteiger partial charge in [0.1, 0.15) is 0 Å². The van der Waals surface area contributed by atoms with E-state index in [9.17, 15) is 0 Å². The molecule has 1 aliphatic carbocycles. The van der Waals surface area contributed by atoms with Gasteiger partial charge in [0.25, 0.3) is 0 Å². The Kier molecular flexibility index (Phi) is 3.60. The fraction of sp³-hybridized carbons (Fsp3) is 0.500. The number of aromatic nitrogens is 1. The van der Waals surface area contributed by atoms with E-state index in [1.807, 2.05) is 18.3 Å². The molecule has 2 nitrogen and oxygen atoms in total. The molecule has 16 heavy (non-hydrogen) atoms. The number of nitrogens with zero attached hydrogens (tertiary/aromatic N) is 1. The van der Waals surface area contributed by atoms with E-state index in [2.05, 4.69) is 18.5 Å². The molecule has 1 aromatic heterocycles. The molecular weight excluding hydrogens is 198 g/mol. The lowest BCUT2D eigenvalue weighted by Crippen LogP contribution is -1.99. The Morgan fingerprint density at radius 3 is 3.06 bits per heavy atom. The fourth-order valence-corrected chi connectivity index (χ4v) is 1.68. The minimum atomic E-state index is 0.700. The van der Waals surface area contributed by atoms with Gasteiger partial charge < -0.3 is 4.74 Å². The van der Waals surface area contributed by atoms with Crippen LogP contribution >= 0.6 is 0 Å². The van der Waals surface area contributed by atoms with Gasteiger partial charge in [0.2, 0.25) is 5.88 Å². The third kappa shape index (κ3) is 2.84. The Morgan fingerprint density at radius 1 is 1.56 bits per heavy atom. The molecule has 0 aromatic carbocycles. The van der Waals surface area contributed by atoms with Crippen molar-refractivity contribution in [3.63, 3.8) is 0 Å². The van der Waals surface area contributed by atoms with Crippen molar-refractivity contribution >= 4 is 5.57 Å². The maximum atomic E-state index is 5.59. The molecule has 2 rings (SSSR count). The molecule has 0 spiro atoms. The average molecular weight is 217 g/mol. The second-order valence-corrected chi connectivity index (χ2v) is 4.38. The van der Waals surface area contributed by atoms with Gasteiger partial charge in [0.15, 0.2) is 0 Å². The quantitative estimate of drug-likeness (QED) is 0.678. The van der Waals surface area contributed by atoms with Gasteiger partial charge in [-0.1, -0.05) is 19.9 Å². The Morgan fingerprint density at radius 2 is 2.38 bits per heavy atom. The van der Waals surface area contributed by atoms with Gasteiger partial charge >= 0.3 is 0 Å². The first kappa shape index (κ1) is 11.2. The summed E-state index contributed by atoms with van der Waals surface area (Å²) in [6, 6.07) is 4.03. The first-order valence-corrected chi connectivity index (χ1v) is 6.09. The molecular formula is C14H19NO. The summed E-state index contributed by atoms with van der Waals surface area (Å²) >= 11 is 0. The second kappa shape index (κ2) is 5.15. The van der Waals surface area contributed by atoms with Crippen LogP contribution in [0.4, 0.5) is 0 Å². The van der Waals surface area contributed by atoms with E-state index in [1.165, 1.54) is 24.0 Å². The lowest BCUT2D eigenvalue weighted by Gasteiger charge is -2.07. The van der Waals surface area contributed by atoms with Crippen LogP contribution < -0.4 is 4.74 Å². The van der Waals surface area contributed by atoms with Gasteiger partial charge in [-0.25, -0.2) is 4.98 Å². The maximum Gasteiger partial charge on any atom is 0.213 e. The number of hydrogen-bond acceptors (Lipinski definition) is 2. The van der Waals surface area contributed by atoms with Crippen LogP contribution in [0, 0.1) is 5.92 Å². The maximum absolute atomic E-state index is 5.59. The highest BCUT2D eigenvalue weighted by molar-refractivity contribution is 5.67. The molecule has 0 saturated heterocycles. The lowest BCUT2D eigenvalue weighted by atomic mass is 10.1. The zero-order chi connectivity index (χ0) is 11.4. The van der Waals surface area contributed by atoms with Crippen molar-refractivity contribution in [2.75, 3.05) is 6.61 Å². The topological polar surface area (TPSA) is 22.1 Å². The third-order valence-electron chi connectivity index (χ3n) is 2.92. The lowest BCUT2D eigenvalue weighted by molar-refractivity contribution is 0.297. The van der Waals surface area contributed by atoms with E-state index in [4.69, 9.17) is 4.74 Å². The van der Waals surface area contributed by atoms with E-state index in [0.29, 0.717) is 5.92 Å². The van der Waals surface area contributed by atoms with Crippen LogP contribution in [0.2, 0.25) is 0 Å². The SMILES string of the molecule is C=C(c1ccnc(OCCCC)c1)C1CC1. The van der Waals surface area contributed by atoms with Gasteiger partial charge in [-0.3, -0.25) is 0 Å². The van der Waals surface area contributed by atoms with Crippen LogP contribution in [-0.2, 0) is 0 Å². The van der Waals surface area contributed by atoms with E-state index < -0.39 is 0 Å². The minimum absolute atomic E-state index is 0.700. The third-order valence-corrected chi connectivity index (χ3v) is 2.92. The molecule has 1 aliphatic rings. The highest BCUT2D eigenvalue weighted by Gasteiger charge is 2.25. The van der Waals surface area contributed by atoms with E-state index in [0.717, 1.165) is 25.3 Å². The predicted molar refractivity (Wildman–Crippen MR) is 66.4 cm³/mol. The number of allylic oxidation sites excluding steroid dienone is 1. The van der Waals surface area contributed by atoms with Crippen LogP contribution in [0.1, 0.15) is 38.2 Å². The molecule has 0 bridgehead atoms. The van der Waals surface area contributed by atoms with Crippen LogP contribution in [0.3, 0.4) is 0 Å². The second-order valence-electron chi connectivity index (χ2n) is 4.38. The molecule has 2 heteroatoms. The van der Waals surface area contributed by atoms with E-state index in [-0.39, 0.29) is 0 Å². The van der Waals surface area contributed by atoms with Crippen LogP contribution in [0.25, 0.3) is 5.57 Å². The fourth-order valence-electron chi connectivity index (χ4n) is 1.68. The Labute approximate surface area is 97.4 Å². The number of rotatable bonds is 6. The first-order valence-electron chi connectivity index (χ1n) is 6.09. The standard InChI is InChI=1S/C14H19NO/c1-3-4-9-16-14-10-13(7-8-15-14)11(2)12-5-6-12/h7-8,10,12H,2-6,9H2,1H3. The van der Waals surface area contributed by atoms with E-state index >= 15 is 0 Å². The largest absolute Gasteiger partial charge is 0.478 e.